The van der Waals surface area contributed by atoms with E-state index in [-0.39, 0.29) is 5.91 Å². The van der Waals surface area contributed by atoms with Gasteiger partial charge in [0.1, 0.15) is 0 Å². The minimum absolute atomic E-state index is 0.183. The highest BCUT2D eigenvalue weighted by Gasteiger charge is 2.06. The zero-order valence-electron chi connectivity index (χ0n) is 11.9. The normalized spacial score (nSPS) is 10.1. The number of amides is 1. The molecule has 6 heteroatoms. The number of methoxy groups -OCH3 is 1. The molecule has 0 aliphatic rings. The molecule has 1 heterocycles. The number of nitrogens with one attached hydrogen (secondary N) is 2. The van der Waals surface area contributed by atoms with Crippen LogP contribution in [0.2, 0.25) is 0 Å². The lowest BCUT2D eigenvalue weighted by Gasteiger charge is -2.06. The second-order valence-corrected chi connectivity index (χ2v) is 4.39. The van der Waals surface area contributed by atoms with Gasteiger partial charge in [0, 0.05) is 38.3 Å². The standard InChI is InChI=1S/C15H18N4O2/c1-21-9-5-8-16-14(20)12-10-17-15(18-11-12)19-13-6-3-2-4-7-13/h2-4,6-7,10-11H,5,8-9H2,1H3,(H,16,20)(H,17,18,19). The Labute approximate surface area is 123 Å². The highest BCUT2D eigenvalue weighted by atomic mass is 16.5. The minimum Gasteiger partial charge on any atom is -0.385 e. The number of hydrogen-bond donors (Lipinski definition) is 2. The number of ether oxygens (including phenoxy) is 1. The largest absolute Gasteiger partial charge is 0.385 e. The van der Waals surface area contributed by atoms with Crippen LogP contribution in [-0.4, -0.2) is 36.1 Å². The Kier molecular flexibility index (Phi) is 5.66. The van der Waals surface area contributed by atoms with Crippen molar-refractivity contribution in [3.8, 4) is 0 Å². The fraction of sp³-hybridized carbons (Fsp3) is 0.267. The fourth-order valence-electron chi connectivity index (χ4n) is 1.68. The molecular weight excluding hydrogens is 268 g/mol. The van der Waals surface area contributed by atoms with E-state index in [2.05, 4.69) is 20.6 Å². The third kappa shape index (κ3) is 4.85. The van der Waals surface area contributed by atoms with E-state index in [0.717, 1.165) is 12.1 Å². The fourth-order valence-corrected chi connectivity index (χ4v) is 1.68. The quantitative estimate of drug-likeness (QED) is 0.761. The molecule has 0 aliphatic heterocycles. The number of benzene rings is 1. The van der Waals surface area contributed by atoms with Gasteiger partial charge in [0.2, 0.25) is 5.95 Å². The zero-order chi connectivity index (χ0) is 14.9. The first kappa shape index (κ1) is 14.9. The van der Waals surface area contributed by atoms with Gasteiger partial charge in [-0.3, -0.25) is 4.79 Å². The molecule has 0 atom stereocenters. The number of aromatic nitrogens is 2. The van der Waals surface area contributed by atoms with Crippen molar-refractivity contribution < 1.29 is 9.53 Å². The smallest absolute Gasteiger partial charge is 0.254 e. The van der Waals surface area contributed by atoms with Crippen LogP contribution in [-0.2, 0) is 4.74 Å². The van der Waals surface area contributed by atoms with Crippen molar-refractivity contribution in [3.05, 3.63) is 48.3 Å². The first-order valence-electron chi connectivity index (χ1n) is 6.71. The second kappa shape index (κ2) is 7.96. The van der Waals surface area contributed by atoms with Crippen molar-refractivity contribution in [2.24, 2.45) is 0 Å². The van der Waals surface area contributed by atoms with E-state index in [1.54, 1.807) is 7.11 Å². The molecule has 0 saturated carbocycles. The van der Waals surface area contributed by atoms with E-state index in [0.29, 0.717) is 24.7 Å². The van der Waals surface area contributed by atoms with Crippen molar-refractivity contribution in [3.63, 3.8) is 0 Å². The molecule has 0 spiro atoms. The third-order valence-electron chi connectivity index (χ3n) is 2.75. The molecule has 0 radical (unpaired) electrons. The molecule has 6 nitrogen and oxygen atoms in total. The maximum absolute atomic E-state index is 11.8. The van der Waals surface area contributed by atoms with Crippen LogP contribution in [0.1, 0.15) is 16.8 Å². The monoisotopic (exact) mass is 286 g/mol. The molecule has 1 aromatic heterocycles. The molecule has 110 valence electrons. The molecule has 1 amide bonds. The highest BCUT2D eigenvalue weighted by molar-refractivity contribution is 5.93. The Bertz CT molecular complexity index is 558. The Balaban J connectivity index is 1.88. The summed E-state index contributed by atoms with van der Waals surface area (Å²) in [7, 11) is 1.63. The summed E-state index contributed by atoms with van der Waals surface area (Å²) in [5.74, 6) is 0.273. The van der Waals surface area contributed by atoms with Crippen LogP contribution in [0.5, 0.6) is 0 Å². The highest BCUT2D eigenvalue weighted by Crippen LogP contribution is 2.11. The average molecular weight is 286 g/mol. The summed E-state index contributed by atoms with van der Waals surface area (Å²) in [6.07, 6.45) is 3.78. The molecule has 2 N–H and O–H groups in total. The number of para-hydroxylation sites is 1. The summed E-state index contributed by atoms with van der Waals surface area (Å²) in [6, 6.07) is 9.61. The molecule has 0 aliphatic carbocycles. The van der Waals surface area contributed by atoms with E-state index in [9.17, 15) is 4.79 Å². The van der Waals surface area contributed by atoms with Gasteiger partial charge >= 0.3 is 0 Å². The molecule has 0 unspecified atom stereocenters. The third-order valence-corrected chi connectivity index (χ3v) is 2.75. The number of carbonyl (C=O) groups excluding carboxylic acids is 1. The summed E-state index contributed by atoms with van der Waals surface area (Å²) in [6.45, 7) is 1.19. The number of nitrogens with zero attached hydrogens (tertiary/aromatic N) is 2. The van der Waals surface area contributed by atoms with Gasteiger partial charge in [0.25, 0.3) is 5.91 Å². The predicted molar refractivity (Wildman–Crippen MR) is 80.6 cm³/mol. The number of rotatable bonds is 7. The second-order valence-electron chi connectivity index (χ2n) is 4.39. The molecule has 2 aromatic rings. The maximum atomic E-state index is 11.8. The van der Waals surface area contributed by atoms with Crippen LogP contribution in [0, 0.1) is 0 Å². The number of anilines is 2. The summed E-state index contributed by atoms with van der Waals surface area (Å²) in [5, 5.41) is 5.84. The lowest BCUT2D eigenvalue weighted by Crippen LogP contribution is -2.25. The van der Waals surface area contributed by atoms with E-state index < -0.39 is 0 Å². The van der Waals surface area contributed by atoms with Gasteiger partial charge in [0.15, 0.2) is 0 Å². The molecule has 0 fully saturated rings. The van der Waals surface area contributed by atoms with E-state index in [1.165, 1.54) is 12.4 Å². The SMILES string of the molecule is COCCCNC(=O)c1cnc(Nc2ccccc2)nc1. The summed E-state index contributed by atoms with van der Waals surface area (Å²) >= 11 is 0. The van der Waals surface area contributed by atoms with E-state index in [4.69, 9.17) is 4.74 Å². The zero-order valence-corrected chi connectivity index (χ0v) is 11.9. The summed E-state index contributed by atoms with van der Waals surface area (Å²) < 4.78 is 4.92. The maximum Gasteiger partial charge on any atom is 0.254 e. The molecule has 0 saturated heterocycles. The van der Waals surface area contributed by atoms with Gasteiger partial charge in [-0.1, -0.05) is 18.2 Å². The Hall–Kier alpha value is -2.47. The van der Waals surface area contributed by atoms with Crippen LogP contribution in [0.3, 0.4) is 0 Å². The van der Waals surface area contributed by atoms with Crippen LogP contribution in [0.25, 0.3) is 0 Å². The minimum atomic E-state index is -0.183. The Morgan fingerprint density at radius 2 is 1.90 bits per heavy atom. The van der Waals surface area contributed by atoms with Gasteiger partial charge in [-0.15, -0.1) is 0 Å². The lowest BCUT2D eigenvalue weighted by atomic mass is 10.3. The van der Waals surface area contributed by atoms with Crippen LogP contribution >= 0.6 is 0 Å². The average Bonchev–Trinajstić information content (AvgIpc) is 2.53. The lowest BCUT2D eigenvalue weighted by molar-refractivity contribution is 0.0948. The van der Waals surface area contributed by atoms with Crippen LogP contribution in [0.15, 0.2) is 42.7 Å². The van der Waals surface area contributed by atoms with Crippen LogP contribution < -0.4 is 10.6 Å². The van der Waals surface area contributed by atoms with Crippen molar-refractivity contribution in [2.45, 2.75) is 6.42 Å². The van der Waals surface area contributed by atoms with Gasteiger partial charge in [-0.05, 0) is 18.6 Å². The molecule has 21 heavy (non-hydrogen) atoms. The number of hydrogen-bond acceptors (Lipinski definition) is 5. The van der Waals surface area contributed by atoms with E-state index in [1.807, 2.05) is 30.3 Å². The molecule has 0 bridgehead atoms. The summed E-state index contributed by atoms with van der Waals surface area (Å²) in [4.78, 5) is 20.1. The van der Waals surface area contributed by atoms with Gasteiger partial charge in [0.05, 0.1) is 5.56 Å². The first-order valence-corrected chi connectivity index (χ1v) is 6.71. The van der Waals surface area contributed by atoms with E-state index >= 15 is 0 Å². The van der Waals surface area contributed by atoms with Gasteiger partial charge in [-0.25, -0.2) is 9.97 Å². The number of carbonyl (C=O) groups is 1. The Morgan fingerprint density at radius 1 is 1.19 bits per heavy atom. The summed E-state index contributed by atoms with van der Waals surface area (Å²) in [5.41, 5.74) is 1.33. The predicted octanol–water partition coefficient (Wildman–Crippen LogP) is 1.99. The van der Waals surface area contributed by atoms with Crippen molar-refractivity contribution >= 4 is 17.5 Å². The van der Waals surface area contributed by atoms with Gasteiger partial charge < -0.3 is 15.4 Å². The molecule has 1 aromatic carbocycles. The topological polar surface area (TPSA) is 76.1 Å². The first-order chi connectivity index (χ1) is 10.3. The van der Waals surface area contributed by atoms with Crippen LogP contribution in [0.4, 0.5) is 11.6 Å². The van der Waals surface area contributed by atoms with Crippen molar-refractivity contribution in [1.29, 1.82) is 0 Å². The molecule has 2 rings (SSSR count). The van der Waals surface area contributed by atoms with Crippen molar-refractivity contribution in [1.82, 2.24) is 15.3 Å². The Morgan fingerprint density at radius 3 is 2.57 bits per heavy atom. The molecular formula is C15H18N4O2. The van der Waals surface area contributed by atoms with Crippen molar-refractivity contribution in [2.75, 3.05) is 25.6 Å². The van der Waals surface area contributed by atoms with Gasteiger partial charge in [-0.2, -0.15) is 0 Å².